The largest absolute Gasteiger partial charge is 0.337 e. The Morgan fingerprint density at radius 3 is 2.54 bits per heavy atom. The molecule has 1 unspecified atom stereocenters. The Balaban J connectivity index is 1.44. The van der Waals surface area contributed by atoms with E-state index in [2.05, 4.69) is 10.5 Å². The quantitative estimate of drug-likeness (QED) is 0.739. The summed E-state index contributed by atoms with van der Waals surface area (Å²) in [5.74, 6) is 0.116. The first kappa shape index (κ1) is 18.0. The number of aromatic nitrogens is 1. The molecule has 1 aliphatic rings. The molecule has 1 aliphatic heterocycles. The van der Waals surface area contributed by atoms with Crippen molar-refractivity contribution in [2.75, 3.05) is 18.4 Å². The van der Waals surface area contributed by atoms with Crippen molar-refractivity contribution in [2.24, 2.45) is 0 Å². The van der Waals surface area contributed by atoms with Crippen molar-refractivity contribution in [1.82, 2.24) is 10.1 Å². The molecule has 6 heteroatoms. The Morgan fingerprint density at radius 2 is 1.82 bits per heavy atom. The number of nitrogens with zero attached hydrogens (tertiary/aromatic N) is 2. The van der Waals surface area contributed by atoms with Crippen LogP contribution in [0.2, 0.25) is 0 Å². The molecule has 1 atom stereocenters. The molecule has 2 heterocycles. The second-order valence-electron chi connectivity index (χ2n) is 6.97. The molecule has 0 saturated carbocycles. The van der Waals surface area contributed by atoms with Crippen LogP contribution in [0.3, 0.4) is 0 Å². The number of hydrogen-bond donors (Lipinski definition) is 1. The highest BCUT2D eigenvalue weighted by molar-refractivity contribution is 5.97. The van der Waals surface area contributed by atoms with Crippen molar-refractivity contribution >= 4 is 17.7 Å². The fourth-order valence-corrected chi connectivity index (χ4v) is 3.61. The van der Waals surface area contributed by atoms with E-state index < -0.39 is 0 Å². The molecule has 4 rings (SSSR count). The summed E-state index contributed by atoms with van der Waals surface area (Å²) in [4.78, 5) is 26.5. The third-order valence-corrected chi connectivity index (χ3v) is 5.00. The summed E-state index contributed by atoms with van der Waals surface area (Å²) in [5.41, 5.74) is 3.49. The maximum absolute atomic E-state index is 12.6. The minimum atomic E-state index is -0.296. The molecule has 1 aromatic heterocycles. The van der Waals surface area contributed by atoms with E-state index in [1.54, 1.807) is 4.90 Å². The summed E-state index contributed by atoms with van der Waals surface area (Å²) in [6.45, 7) is 2.36. The van der Waals surface area contributed by atoms with Crippen molar-refractivity contribution in [1.29, 1.82) is 0 Å². The molecular formula is C22H21N3O3. The standard InChI is InChI=1S/C22H21N3O3/c1-15-21(17-10-6-3-7-11-17)22(28-24-15)23-19(26)14-25-13-18(12-20(25)27)16-8-4-2-5-9-16/h2-11,18H,12-14H2,1H3,(H,23,26). The zero-order chi connectivity index (χ0) is 19.5. The van der Waals surface area contributed by atoms with E-state index in [4.69, 9.17) is 4.52 Å². The Hall–Kier alpha value is -3.41. The van der Waals surface area contributed by atoms with Crippen LogP contribution in [-0.4, -0.2) is 35.0 Å². The first-order chi connectivity index (χ1) is 13.6. The molecule has 1 saturated heterocycles. The lowest BCUT2D eigenvalue weighted by Crippen LogP contribution is -2.34. The fraction of sp³-hybridized carbons (Fsp3) is 0.227. The lowest BCUT2D eigenvalue weighted by molar-refractivity contribution is -0.131. The molecule has 2 amide bonds. The van der Waals surface area contributed by atoms with Gasteiger partial charge in [-0.1, -0.05) is 65.8 Å². The Bertz CT molecular complexity index is 983. The highest BCUT2D eigenvalue weighted by Crippen LogP contribution is 2.31. The van der Waals surface area contributed by atoms with E-state index >= 15 is 0 Å². The van der Waals surface area contributed by atoms with Gasteiger partial charge in [-0.05, 0) is 18.1 Å². The number of amides is 2. The van der Waals surface area contributed by atoms with Crippen LogP contribution in [-0.2, 0) is 9.59 Å². The van der Waals surface area contributed by atoms with Crippen molar-refractivity contribution < 1.29 is 14.1 Å². The number of carbonyl (C=O) groups excluding carboxylic acids is 2. The molecule has 28 heavy (non-hydrogen) atoms. The minimum absolute atomic E-state index is 0.00383. The van der Waals surface area contributed by atoms with Gasteiger partial charge in [0.1, 0.15) is 0 Å². The summed E-state index contributed by atoms with van der Waals surface area (Å²) in [5, 5.41) is 6.74. The lowest BCUT2D eigenvalue weighted by Gasteiger charge is -2.16. The molecule has 1 fully saturated rings. The van der Waals surface area contributed by atoms with E-state index in [-0.39, 0.29) is 24.3 Å². The van der Waals surface area contributed by atoms with E-state index in [1.165, 1.54) is 0 Å². The summed E-state index contributed by atoms with van der Waals surface area (Å²) >= 11 is 0. The zero-order valence-electron chi connectivity index (χ0n) is 15.6. The SMILES string of the molecule is Cc1noc(NC(=O)CN2CC(c3ccccc3)CC2=O)c1-c1ccccc1. The molecule has 6 nitrogen and oxygen atoms in total. The van der Waals surface area contributed by atoms with Gasteiger partial charge in [-0.3, -0.25) is 14.9 Å². The summed E-state index contributed by atoms with van der Waals surface area (Å²) in [6, 6.07) is 19.5. The zero-order valence-corrected chi connectivity index (χ0v) is 15.6. The van der Waals surface area contributed by atoms with E-state index in [9.17, 15) is 9.59 Å². The first-order valence-corrected chi connectivity index (χ1v) is 9.26. The van der Waals surface area contributed by atoms with Crippen LogP contribution in [0.25, 0.3) is 11.1 Å². The molecule has 142 valence electrons. The van der Waals surface area contributed by atoms with E-state index in [0.29, 0.717) is 24.5 Å². The van der Waals surface area contributed by atoms with Crippen LogP contribution in [0.4, 0.5) is 5.88 Å². The normalized spacial score (nSPS) is 16.4. The number of anilines is 1. The van der Waals surface area contributed by atoms with Gasteiger partial charge in [0.15, 0.2) is 0 Å². The van der Waals surface area contributed by atoms with E-state index in [0.717, 1.165) is 16.7 Å². The maximum Gasteiger partial charge on any atom is 0.246 e. The van der Waals surface area contributed by atoms with Gasteiger partial charge in [0, 0.05) is 18.9 Å². The smallest absolute Gasteiger partial charge is 0.246 e. The van der Waals surface area contributed by atoms with Gasteiger partial charge in [0.2, 0.25) is 17.7 Å². The second-order valence-corrected chi connectivity index (χ2v) is 6.97. The molecular weight excluding hydrogens is 354 g/mol. The maximum atomic E-state index is 12.6. The third-order valence-electron chi connectivity index (χ3n) is 5.00. The first-order valence-electron chi connectivity index (χ1n) is 9.26. The van der Waals surface area contributed by atoms with Crippen LogP contribution in [0.15, 0.2) is 65.2 Å². The predicted molar refractivity (Wildman–Crippen MR) is 106 cm³/mol. The second kappa shape index (κ2) is 7.68. The predicted octanol–water partition coefficient (Wildman–Crippen LogP) is 3.60. The van der Waals surface area contributed by atoms with Gasteiger partial charge < -0.3 is 9.42 Å². The minimum Gasteiger partial charge on any atom is -0.337 e. The molecule has 0 bridgehead atoms. The number of nitrogens with one attached hydrogen (secondary N) is 1. The van der Waals surface area contributed by atoms with Crippen molar-refractivity contribution in [3.63, 3.8) is 0 Å². The van der Waals surface area contributed by atoms with Crippen molar-refractivity contribution in [3.05, 3.63) is 71.9 Å². The molecule has 2 aromatic carbocycles. The third kappa shape index (κ3) is 3.67. The Kier molecular flexibility index (Phi) is 4.93. The fourth-order valence-electron chi connectivity index (χ4n) is 3.61. The Labute approximate surface area is 163 Å². The van der Waals surface area contributed by atoms with Crippen molar-refractivity contribution in [2.45, 2.75) is 19.3 Å². The molecule has 0 aliphatic carbocycles. The average molecular weight is 375 g/mol. The van der Waals surface area contributed by atoms with Crippen molar-refractivity contribution in [3.8, 4) is 11.1 Å². The highest BCUT2D eigenvalue weighted by Gasteiger charge is 2.32. The van der Waals surface area contributed by atoms with Gasteiger partial charge >= 0.3 is 0 Å². The molecule has 3 aromatic rings. The number of likely N-dealkylation sites (tertiary alicyclic amines) is 1. The van der Waals surface area contributed by atoms with E-state index in [1.807, 2.05) is 67.6 Å². The average Bonchev–Trinajstić information content (AvgIpc) is 3.26. The summed E-state index contributed by atoms with van der Waals surface area (Å²) in [7, 11) is 0. The summed E-state index contributed by atoms with van der Waals surface area (Å²) < 4.78 is 5.32. The van der Waals surface area contributed by atoms with Gasteiger partial charge in [-0.15, -0.1) is 0 Å². The number of rotatable bonds is 5. The van der Waals surface area contributed by atoms with Crippen LogP contribution in [0, 0.1) is 6.92 Å². The van der Waals surface area contributed by atoms with Gasteiger partial charge in [0.05, 0.1) is 17.8 Å². The number of hydrogen-bond acceptors (Lipinski definition) is 4. The molecule has 1 N–H and O–H groups in total. The number of benzene rings is 2. The van der Waals surface area contributed by atoms with Crippen LogP contribution >= 0.6 is 0 Å². The summed E-state index contributed by atoms with van der Waals surface area (Å²) in [6.07, 6.45) is 0.425. The van der Waals surface area contributed by atoms with Crippen LogP contribution in [0.5, 0.6) is 0 Å². The molecule has 0 spiro atoms. The van der Waals surface area contributed by atoms with Crippen LogP contribution < -0.4 is 5.32 Å². The number of carbonyl (C=O) groups is 2. The van der Waals surface area contributed by atoms with Gasteiger partial charge in [-0.25, -0.2) is 0 Å². The Morgan fingerprint density at radius 1 is 1.14 bits per heavy atom. The van der Waals surface area contributed by atoms with Gasteiger partial charge in [-0.2, -0.15) is 0 Å². The van der Waals surface area contributed by atoms with Crippen LogP contribution in [0.1, 0.15) is 23.6 Å². The van der Waals surface area contributed by atoms with Gasteiger partial charge in [0.25, 0.3) is 0 Å². The lowest BCUT2D eigenvalue weighted by atomic mass is 9.99. The number of aryl methyl sites for hydroxylation is 1. The highest BCUT2D eigenvalue weighted by atomic mass is 16.5. The monoisotopic (exact) mass is 375 g/mol. The topological polar surface area (TPSA) is 75.4 Å². The molecule has 0 radical (unpaired) electrons.